The van der Waals surface area contributed by atoms with Gasteiger partial charge < -0.3 is 73.0 Å². The van der Waals surface area contributed by atoms with Crippen molar-refractivity contribution < 1.29 is 81.5 Å². The van der Waals surface area contributed by atoms with E-state index < -0.39 is 35.5 Å². The topological polar surface area (TPSA) is 284 Å². The quantitative estimate of drug-likeness (QED) is 0.0246. The molecule has 0 spiro atoms. The molecular weight excluding hydrogens is 1040 g/mol. The van der Waals surface area contributed by atoms with Crippen LogP contribution in [0, 0.1) is 13.8 Å². The van der Waals surface area contributed by atoms with Crippen molar-refractivity contribution in [1.29, 1.82) is 0 Å². The highest BCUT2D eigenvalue weighted by molar-refractivity contribution is 6.11. The summed E-state index contributed by atoms with van der Waals surface area (Å²) in [5, 5.41) is 39.4. The van der Waals surface area contributed by atoms with Gasteiger partial charge in [-0.1, -0.05) is 0 Å². The number of benzene rings is 3. The van der Waals surface area contributed by atoms with Crippen molar-refractivity contribution in [1.82, 2.24) is 0 Å². The minimum Gasteiger partial charge on any atom is -0.493 e. The summed E-state index contributed by atoms with van der Waals surface area (Å²) >= 11 is 0. The van der Waals surface area contributed by atoms with Crippen LogP contribution in [0.2, 0.25) is 0 Å². The van der Waals surface area contributed by atoms with Gasteiger partial charge in [-0.05, 0) is 141 Å². The van der Waals surface area contributed by atoms with Crippen LogP contribution in [0.3, 0.4) is 0 Å². The molecule has 0 fully saturated rings. The molecule has 3 rings (SSSR count). The number of rotatable bonds is 44. The van der Waals surface area contributed by atoms with E-state index in [1.165, 1.54) is 13.8 Å². The second kappa shape index (κ2) is 39.7. The maximum Gasteiger partial charge on any atom is 0.258 e. The fourth-order valence-electron chi connectivity index (χ4n) is 6.87. The summed E-state index contributed by atoms with van der Waals surface area (Å²) in [4.78, 5) is 52.0. The normalized spacial score (nSPS) is 14.8. The molecular formula is C57H86N6O17. The molecule has 0 saturated heterocycles. The van der Waals surface area contributed by atoms with Crippen LogP contribution in [-0.4, -0.2) is 188 Å². The van der Waals surface area contributed by atoms with Gasteiger partial charge in [0, 0.05) is 17.8 Å². The largest absolute Gasteiger partial charge is 0.493 e. The Morgan fingerprint density at radius 1 is 0.450 bits per heavy atom. The molecule has 0 aliphatic heterocycles. The first kappa shape index (κ1) is 68.6. The predicted octanol–water partition coefficient (Wildman–Crippen LogP) is 7.28. The maximum absolute atomic E-state index is 13.4. The average Bonchev–Trinajstić information content (AvgIpc) is 3.45. The second-order valence-electron chi connectivity index (χ2n) is 19.1. The third-order valence-corrected chi connectivity index (χ3v) is 11.4. The van der Waals surface area contributed by atoms with Crippen molar-refractivity contribution in [2.45, 2.75) is 124 Å². The Labute approximate surface area is 470 Å². The average molecular weight is 1130 g/mol. The summed E-state index contributed by atoms with van der Waals surface area (Å²) < 4.78 is 62.4. The number of aryl methyl sites for hydroxylation is 2. The Hall–Kier alpha value is -5.70. The van der Waals surface area contributed by atoms with Gasteiger partial charge in [0.2, 0.25) is 12.1 Å². The van der Waals surface area contributed by atoms with Gasteiger partial charge in [0.25, 0.3) is 11.8 Å². The second-order valence-corrected chi connectivity index (χ2v) is 19.1. The van der Waals surface area contributed by atoms with E-state index in [-0.39, 0.29) is 69.7 Å². The number of ether oxygens (including phenoxy) is 11. The molecule has 0 saturated carbocycles. The maximum atomic E-state index is 13.4. The van der Waals surface area contributed by atoms with Gasteiger partial charge in [0.1, 0.15) is 18.1 Å². The van der Waals surface area contributed by atoms with Crippen LogP contribution < -0.4 is 20.1 Å². The zero-order valence-corrected chi connectivity index (χ0v) is 48.2. The molecule has 8 atom stereocenters. The van der Waals surface area contributed by atoms with Crippen molar-refractivity contribution in [3.05, 3.63) is 71.8 Å². The molecule has 0 aliphatic rings. The van der Waals surface area contributed by atoms with Crippen molar-refractivity contribution in [2.24, 2.45) is 20.5 Å². The van der Waals surface area contributed by atoms with Crippen molar-refractivity contribution >= 4 is 46.1 Å². The van der Waals surface area contributed by atoms with Crippen LogP contribution in [0.4, 0.5) is 22.7 Å². The van der Waals surface area contributed by atoms with E-state index in [1.54, 1.807) is 74.5 Å². The first-order chi connectivity index (χ1) is 38.4. The molecule has 8 unspecified atom stereocenters. The number of ketones is 2. The number of carbonyl (C=O) groups is 4. The van der Waals surface area contributed by atoms with Crippen LogP contribution in [0.5, 0.6) is 11.5 Å². The predicted molar refractivity (Wildman–Crippen MR) is 299 cm³/mol. The van der Waals surface area contributed by atoms with Crippen molar-refractivity contribution in [3.8, 4) is 11.5 Å². The Bertz CT molecular complexity index is 2310. The fourth-order valence-corrected chi connectivity index (χ4v) is 6.87. The molecule has 80 heavy (non-hydrogen) atoms. The highest BCUT2D eigenvalue weighted by atomic mass is 16.6. The number of aliphatic hydroxyl groups is 2. The zero-order valence-electron chi connectivity index (χ0n) is 48.2. The zero-order chi connectivity index (χ0) is 58.7. The highest BCUT2D eigenvalue weighted by Crippen LogP contribution is 2.27. The Morgan fingerprint density at radius 3 is 1.21 bits per heavy atom. The monoisotopic (exact) mass is 1130 g/mol. The molecule has 4 N–H and O–H groups in total. The summed E-state index contributed by atoms with van der Waals surface area (Å²) in [6, 6.07) is 13.8. The third-order valence-electron chi connectivity index (χ3n) is 11.4. The molecule has 23 heteroatoms. The number of carbonyl (C=O) groups excluding carboxylic acids is 4. The fraction of sp³-hybridized carbons (Fsp3) is 0.614. The summed E-state index contributed by atoms with van der Waals surface area (Å²) in [5.74, 6) is -1.29. The Balaban J connectivity index is 1.40. The smallest absolute Gasteiger partial charge is 0.258 e. The van der Waals surface area contributed by atoms with Crippen LogP contribution in [-0.2, 0) is 61.8 Å². The van der Waals surface area contributed by atoms with Gasteiger partial charge >= 0.3 is 0 Å². The number of hydrogen-bond acceptors (Lipinski definition) is 21. The van der Waals surface area contributed by atoms with E-state index in [1.807, 2.05) is 41.5 Å². The van der Waals surface area contributed by atoms with Gasteiger partial charge in [-0.25, -0.2) is 0 Å². The summed E-state index contributed by atoms with van der Waals surface area (Å²) in [7, 11) is 0. The van der Waals surface area contributed by atoms with Gasteiger partial charge in [-0.15, -0.1) is 0 Å². The van der Waals surface area contributed by atoms with E-state index >= 15 is 0 Å². The van der Waals surface area contributed by atoms with E-state index in [4.69, 9.17) is 62.3 Å². The lowest BCUT2D eigenvalue weighted by Crippen LogP contribution is -2.32. The first-order valence-corrected chi connectivity index (χ1v) is 27.0. The lowest BCUT2D eigenvalue weighted by Gasteiger charge is -2.20. The molecule has 2 amide bonds. The van der Waals surface area contributed by atoms with Gasteiger partial charge in [0.05, 0.1) is 147 Å². The van der Waals surface area contributed by atoms with Crippen LogP contribution in [0.15, 0.2) is 81.1 Å². The molecule has 3 aromatic carbocycles. The molecule has 3 aromatic rings. The van der Waals surface area contributed by atoms with Crippen LogP contribution in [0.25, 0.3) is 0 Å². The van der Waals surface area contributed by atoms with Gasteiger partial charge in [-0.2, -0.15) is 20.5 Å². The van der Waals surface area contributed by atoms with Crippen molar-refractivity contribution in [2.75, 3.05) is 116 Å². The lowest BCUT2D eigenvalue weighted by atomic mass is 10.1. The minimum absolute atomic E-state index is 0.0170. The summed E-state index contributed by atoms with van der Waals surface area (Å²) in [5.41, 5.74) is 2.68. The minimum atomic E-state index is -1.44. The van der Waals surface area contributed by atoms with E-state index in [0.29, 0.717) is 124 Å². The van der Waals surface area contributed by atoms with Crippen LogP contribution in [0.1, 0.15) is 72.9 Å². The number of aliphatic hydroxyl groups excluding tert-OH is 2. The highest BCUT2D eigenvalue weighted by Gasteiger charge is 2.26. The third kappa shape index (κ3) is 29.1. The van der Waals surface area contributed by atoms with E-state index in [0.717, 1.165) is 0 Å². The first-order valence-electron chi connectivity index (χ1n) is 27.0. The molecule has 0 aromatic heterocycles. The number of Topliss-reactive ketones (excluding diaryl/α,β-unsaturated/α-hetero) is 2. The van der Waals surface area contributed by atoms with Gasteiger partial charge in [-0.3, -0.25) is 19.2 Å². The molecule has 23 nitrogen and oxygen atoms in total. The number of azo groups is 2. The number of nitrogens with zero attached hydrogens (tertiary/aromatic N) is 4. The summed E-state index contributed by atoms with van der Waals surface area (Å²) in [6.07, 6.45) is -0.0827. The van der Waals surface area contributed by atoms with Crippen molar-refractivity contribution in [3.63, 3.8) is 0 Å². The molecule has 0 radical (unpaired) electrons. The van der Waals surface area contributed by atoms with E-state index in [9.17, 15) is 19.2 Å². The van der Waals surface area contributed by atoms with Gasteiger partial charge in [0.15, 0.2) is 11.6 Å². The Kier molecular flexibility index (Phi) is 34.0. The Morgan fingerprint density at radius 2 is 0.812 bits per heavy atom. The molecule has 446 valence electrons. The molecule has 0 heterocycles. The molecule has 0 aliphatic carbocycles. The standard InChI is InChI=1S/C57H86N6O17/c1-38-32-53(59-57(69)55(47(10)67)63-61-49-13-17-51(18-14-49)76-30-27-72-33-41(4)78-37-45(8)80-35-43(6)74-29-26-71-24-21-65)39(2)31-52(38)58-56(68)54(46(9)66)62-60-48-11-15-50(16-12-48)75-22-19-40(3)77-36-44(7)79-34-42(5)73-28-25-70-23-20-64/h11-18,31-32,40-45,54-55,64-65H,19-30,33-37H2,1-10H3,(H,58,68)(H,59,69). The number of nitrogens with one attached hydrogen (secondary N) is 2. The summed E-state index contributed by atoms with van der Waals surface area (Å²) in [6.45, 7) is 22.7. The number of amides is 2. The van der Waals surface area contributed by atoms with Crippen LogP contribution >= 0.6 is 0 Å². The molecule has 0 bridgehead atoms. The number of hydrogen-bond donors (Lipinski definition) is 4. The number of anilines is 2. The SMILES string of the molecule is CC(=O)C(N=Nc1ccc(OCCOCC(C)OCC(C)OCC(C)OCCOCCO)cc1)C(=O)Nc1cc(C)c(NC(=O)C(N=Nc2ccc(OCCC(C)OCC(C)OCC(C)OCCOCCO)cc2)C(C)=O)cc1C. The van der Waals surface area contributed by atoms with E-state index in [2.05, 4.69) is 31.1 Å². The lowest BCUT2D eigenvalue weighted by molar-refractivity contribution is -0.127.